The van der Waals surface area contributed by atoms with Crippen molar-refractivity contribution in [2.45, 2.75) is 134 Å². The summed E-state index contributed by atoms with van der Waals surface area (Å²) in [6.07, 6.45) is 16.1. The molecule has 0 fully saturated rings. The van der Waals surface area contributed by atoms with E-state index in [-0.39, 0.29) is 16.6 Å². The fraction of sp³-hybridized carbons (Fsp3) is 0.304. The van der Waals surface area contributed by atoms with Gasteiger partial charge in [0, 0.05) is 73.1 Å². The fourth-order valence-electron chi connectivity index (χ4n) is 12.5. The predicted octanol–water partition coefficient (Wildman–Crippen LogP) is 11.5. The van der Waals surface area contributed by atoms with E-state index in [4.69, 9.17) is 29.9 Å². The third-order valence-electron chi connectivity index (χ3n) is 17.4. The number of hydrogen-bond donors (Lipinski definition) is 3. The van der Waals surface area contributed by atoms with E-state index in [1.165, 1.54) is 16.7 Å². The van der Waals surface area contributed by atoms with Crippen LogP contribution in [0.4, 0.5) is 0 Å². The van der Waals surface area contributed by atoms with Gasteiger partial charge in [0.2, 0.25) is 0 Å². The Bertz CT molecular complexity index is 4030. The van der Waals surface area contributed by atoms with Gasteiger partial charge in [0.15, 0.2) is 34.4 Å². The number of aromatic nitrogens is 15. The van der Waals surface area contributed by atoms with Crippen LogP contribution in [-0.4, -0.2) is 88.8 Å². The molecule has 3 N–H and O–H groups in total. The molecule has 3 aliphatic heterocycles. The summed E-state index contributed by atoms with van der Waals surface area (Å²) in [5.74, 6) is 4.40. The van der Waals surface area contributed by atoms with E-state index in [2.05, 4.69) is 137 Å². The van der Waals surface area contributed by atoms with E-state index >= 15 is 0 Å². The maximum atomic E-state index is 10.1. The van der Waals surface area contributed by atoms with Gasteiger partial charge in [-0.2, -0.15) is 0 Å². The second kappa shape index (κ2) is 21.3. The van der Waals surface area contributed by atoms with Crippen LogP contribution in [0.15, 0.2) is 165 Å². The van der Waals surface area contributed by atoms with Crippen LogP contribution in [0.25, 0.3) is 67.3 Å². The van der Waals surface area contributed by atoms with Gasteiger partial charge in [0.1, 0.15) is 50.8 Å². The average molecular weight is 1160 g/mol. The van der Waals surface area contributed by atoms with Crippen LogP contribution in [-0.2, 0) is 52.7 Å². The normalized spacial score (nSPS) is 18.9. The van der Waals surface area contributed by atoms with E-state index < -0.39 is 16.8 Å². The Hall–Kier alpha value is -9.36. The second-order valence-corrected chi connectivity index (χ2v) is 25.2. The van der Waals surface area contributed by atoms with Crippen LogP contribution in [0.2, 0.25) is 0 Å². The summed E-state index contributed by atoms with van der Waals surface area (Å²) in [6, 6.07) is 43.6. The Morgan fingerprint density at radius 2 is 0.575 bits per heavy atom. The summed E-state index contributed by atoms with van der Waals surface area (Å²) in [4.78, 5) is 55.3. The van der Waals surface area contributed by atoms with E-state index in [9.17, 15) is 15.3 Å². The van der Waals surface area contributed by atoms with Gasteiger partial charge in [0.05, 0.1) is 33.7 Å². The molecule has 9 aromatic heterocycles. The Labute approximate surface area is 504 Å². The topological polar surface area (TPSA) is 230 Å². The van der Waals surface area contributed by atoms with E-state index in [0.29, 0.717) is 17.5 Å². The molecule has 0 amide bonds. The highest BCUT2D eigenvalue weighted by molar-refractivity contribution is 5.79. The van der Waals surface area contributed by atoms with E-state index in [1.807, 2.05) is 54.6 Å². The van der Waals surface area contributed by atoms with Crippen LogP contribution in [0.5, 0.6) is 0 Å². The molecule has 18 heteroatoms. The first-order chi connectivity index (χ1) is 41.6. The zero-order chi connectivity index (χ0) is 60.7. The number of aliphatic hydroxyl groups is 3. The summed E-state index contributed by atoms with van der Waals surface area (Å²) in [5.41, 5.74) is 10.3. The van der Waals surface area contributed by atoms with Crippen LogP contribution in [0.3, 0.4) is 0 Å². The van der Waals surface area contributed by atoms with E-state index in [0.717, 1.165) is 123 Å². The van der Waals surface area contributed by atoms with Gasteiger partial charge in [-0.15, -0.1) is 0 Å². The SMILES string of the molecule is CC(C)(O)c1ncc(-c2ccc3nc4n(c3n2)C(C)(c2ccccc2)CC4)cn1.CC(C)(O)c1ncc(-c2ccc3nc4n(c3n2)[C@@](C)(c2ccccc2)CC4)cn1.CC(C)(O)c1ncc(-c2ccc3nc4n(c3n2)[C@](C)(c2ccccc2)CC4)cn1. The monoisotopic (exact) mass is 1160 g/mol. The van der Waals surface area contributed by atoms with Crippen molar-refractivity contribution in [3.63, 3.8) is 0 Å². The lowest BCUT2D eigenvalue weighted by molar-refractivity contribution is 0.0682. The van der Waals surface area contributed by atoms with Gasteiger partial charge in [-0.25, -0.2) is 59.8 Å². The average Bonchev–Trinajstić information content (AvgIpc) is 1.65. The number of benzene rings is 3. The highest BCUT2D eigenvalue weighted by Crippen LogP contribution is 2.44. The highest BCUT2D eigenvalue weighted by Gasteiger charge is 2.41. The van der Waals surface area contributed by atoms with Crippen molar-refractivity contribution in [2.24, 2.45) is 0 Å². The minimum absolute atomic E-state index is 0.168. The summed E-state index contributed by atoms with van der Waals surface area (Å²) in [5, 5.41) is 30.3. The molecule has 12 aromatic rings. The first-order valence-electron chi connectivity index (χ1n) is 29.6. The molecule has 3 aromatic carbocycles. The maximum absolute atomic E-state index is 10.1. The molecule has 3 aliphatic rings. The molecule has 0 spiro atoms. The fourth-order valence-corrected chi connectivity index (χ4v) is 12.5. The number of nitrogens with zero attached hydrogens (tertiary/aromatic N) is 15. The van der Waals surface area contributed by atoms with Crippen LogP contribution in [0, 0.1) is 0 Å². The van der Waals surface area contributed by atoms with Crippen molar-refractivity contribution in [1.82, 2.24) is 73.5 Å². The summed E-state index contributed by atoms with van der Waals surface area (Å²) in [6.45, 7) is 16.8. The molecule has 0 saturated carbocycles. The molecule has 0 saturated heterocycles. The number of fused-ring (bicyclic) bond motifs is 9. The Balaban J connectivity index is 0.000000121. The smallest absolute Gasteiger partial charge is 0.161 e. The molecule has 438 valence electrons. The quantitative estimate of drug-likeness (QED) is 0.122. The molecule has 0 aliphatic carbocycles. The molecule has 0 radical (unpaired) electrons. The largest absolute Gasteiger partial charge is 0.382 e. The lowest BCUT2D eigenvalue weighted by atomic mass is 9.90. The number of imidazole rings is 3. The third kappa shape index (κ3) is 10.3. The predicted molar refractivity (Wildman–Crippen MR) is 334 cm³/mol. The van der Waals surface area contributed by atoms with Crippen molar-refractivity contribution in [2.75, 3.05) is 0 Å². The van der Waals surface area contributed by atoms with Gasteiger partial charge < -0.3 is 29.0 Å². The summed E-state index contributed by atoms with van der Waals surface area (Å²) < 4.78 is 6.85. The lowest BCUT2D eigenvalue weighted by Gasteiger charge is -2.28. The number of pyridine rings is 3. The lowest BCUT2D eigenvalue weighted by Crippen LogP contribution is -2.27. The molecular formula is C69H69N15O3. The molecule has 87 heavy (non-hydrogen) atoms. The highest BCUT2D eigenvalue weighted by atomic mass is 16.3. The Kier molecular flexibility index (Phi) is 13.9. The van der Waals surface area contributed by atoms with Gasteiger partial charge in [-0.3, -0.25) is 0 Å². The van der Waals surface area contributed by atoms with Gasteiger partial charge in [0.25, 0.3) is 0 Å². The van der Waals surface area contributed by atoms with Crippen LogP contribution >= 0.6 is 0 Å². The zero-order valence-corrected chi connectivity index (χ0v) is 50.4. The molecule has 18 nitrogen and oxygen atoms in total. The van der Waals surface area contributed by atoms with Crippen LogP contribution in [0.1, 0.15) is 133 Å². The van der Waals surface area contributed by atoms with Gasteiger partial charge in [-0.05, 0) is 135 Å². The second-order valence-electron chi connectivity index (χ2n) is 25.2. The van der Waals surface area contributed by atoms with Crippen LogP contribution < -0.4 is 0 Å². The zero-order valence-electron chi connectivity index (χ0n) is 50.4. The maximum Gasteiger partial charge on any atom is 0.161 e. The van der Waals surface area contributed by atoms with Gasteiger partial charge >= 0.3 is 0 Å². The van der Waals surface area contributed by atoms with Crippen molar-refractivity contribution >= 4 is 33.5 Å². The number of rotatable bonds is 9. The number of aryl methyl sites for hydroxylation is 3. The first kappa shape index (κ1) is 56.8. The Morgan fingerprint density at radius 3 is 0.805 bits per heavy atom. The van der Waals surface area contributed by atoms with Crippen molar-refractivity contribution < 1.29 is 15.3 Å². The molecule has 3 atom stereocenters. The van der Waals surface area contributed by atoms with Crippen molar-refractivity contribution in [1.29, 1.82) is 0 Å². The molecule has 15 rings (SSSR count). The number of hydrogen-bond acceptors (Lipinski definition) is 15. The minimum atomic E-state index is -1.07. The van der Waals surface area contributed by atoms with Crippen molar-refractivity contribution in [3.05, 3.63) is 216 Å². The molecule has 0 bridgehead atoms. The summed E-state index contributed by atoms with van der Waals surface area (Å²) >= 11 is 0. The third-order valence-corrected chi connectivity index (χ3v) is 17.4. The molecule has 1 unspecified atom stereocenters. The van der Waals surface area contributed by atoms with Crippen molar-refractivity contribution in [3.8, 4) is 33.8 Å². The molecule has 12 heterocycles. The summed E-state index contributed by atoms with van der Waals surface area (Å²) in [7, 11) is 0. The standard InChI is InChI=1S/3C23H23N5O/c3*1-22(2,29)21-24-13-15(14-25-21)17-9-10-18-20(27-17)28-19(26-18)11-12-23(28,3)16-7-5-4-6-8-16/h3*4-10,13-14,29H,11-12H2,1-3H3/t2*23-;/m10./s1. The minimum Gasteiger partial charge on any atom is -0.382 e. The molecular weight excluding hydrogens is 1090 g/mol. The first-order valence-corrected chi connectivity index (χ1v) is 29.6. The van der Waals surface area contributed by atoms with E-state index in [1.54, 1.807) is 78.7 Å². The Morgan fingerprint density at radius 1 is 0.333 bits per heavy atom. The van der Waals surface area contributed by atoms with Gasteiger partial charge in [-0.1, -0.05) is 91.0 Å².